The highest BCUT2D eigenvalue weighted by molar-refractivity contribution is 6.00. The van der Waals surface area contributed by atoms with Crippen LogP contribution in [-0.4, -0.2) is 41.6 Å². The van der Waals surface area contributed by atoms with Gasteiger partial charge in [0.25, 0.3) is 0 Å². The number of aryl methyl sites for hydroxylation is 2. The molecule has 4 rings (SSSR count). The highest BCUT2D eigenvalue weighted by Crippen LogP contribution is 2.24. The molecule has 5 heteroatoms. The van der Waals surface area contributed by atoms with Gasteiger partial charge in [0.05, 0.1) is 11.2 Å². The minimum atomic E-state index is -0.135. The number of anilines is 1. The Balaban J connectivity index is 1.30. The van der Waals surface area contributed by atoms with E-state index in [1.165, 1.54) is 31.2 Å². The average Bonchev–Trinajstić information content (AvgIpc) is 2.83. The number of nitrogens with one attached hydrogen (secondary N) is 2. The van der Waals surface area contributed by atoms with Crippen LogP contribution >= 0.6 is 0 Å². The fraction of sp³-hybridized carbons (Fsp3) is 0.467. The van der Waals surface area contributed by atoms with Crippen LogP contribution in [0.1, 0.15) is 50.8 Å². The van der Waals surface area contributed by atoms with Crippen molar-refractivity contribution in [3.63, 3.8) is 0 Å². The Morgan fingerprint density at radius 2 is 1.77 bits per heavy atom. The lowest BCUT2D eigenvalue weighted by atomic mass is 9.90. The van der Waals surface area contributed by atoms with Gasteiger partial charge < -0.3 is 15.5 Å². The van der Waals surface area contributed by atoms with Crippen molar-refractivity contribution in [2.45, 2.75) is 58.9 Å². The summed E-state index contributed by atoms with van der Waals surface area (Å²) in [5.41, 5.74) is 4.05. The Morgan fingerprint density at radius 3 is 2.51 bits per heavy atom. The van der Waals surface area contributed by atoms with Gasteiger partial charge in [0, 0.05) is 23.7 Å². The number of pyridine rings is 1. The van der Waals surface area contributed by atoms with Crippen molar-refractivity contribution in [2.24, 2.45) is 11.8 Å². The number of aromatic nitrogens is 1. The standard InChI is InChI=1S/C30H40N4O/c1-22(2)19-26(21-34-17-15-25(16-18-34)14-13-24-9-5-4-6-10-24)32-30(35)33-29-20-23(3)31-28-12-8-7-11-27(28)29/h4-12,20,22,25-26H,13-19,21H2,1-3H3,(H2,31,32,33,35)/t26-/m0/s1. The Hall–Kier alpha value is -2.92. The smallest absolute Gasteiger partial charge is 0.319 e. The second-order valence-corrected chi connectivity index (χ2v) is 10.5. The summed E-state index contributed by atoms with van der Waals surface area (Å²) >= 11 is 0. The molecule has 2 aromatic carbocycles. The molecule has 3 aromatic rings. The Kier molecular flexibility index (Phi) is 8.75. The van der Waals surface area contributed by atoms with E-state index >= 15 is 0 Å². The van der Waals surface area contributed by atoms with Crippen molar-refractivity contribution in [2.75, 3.05) is 25.0 Å². The summed E-state index contributed by atoms with van der Waals surface area (Å²) in [5, 5.41) is 7.34. The number of piperidine rings is 1. The van der Waals surface area contributed by atoms with Gasteiger partial charge in [-0.05, 0) is 81.6 Å². The third kappa shape index (κ3) is 7.53. The normalized spacial score (nSPS) is 15.9. The second-order valence-electron chi connectivity index (χ2n) is 10.5. The number of urea groups is 1. The molecule has 0 bridgehead atoms. The number of hydrogen-bond acceptors (Lipinski definition) is 3. The average molecular weight is 473 g/mol. The van der Waals surface area contributed by atoms with E-state index in [0.29, 0.717) is 5.92 Å². The van der Waals surface area contributed by atoms with E-state index in [-0.39, 0.29) is 12.1 Å². The van der Waals surface area contributed by atoms with Gasteiger partial charge in [-0.3, -0.25) is 4.98 Å². The van der Waals surface area contributed by atoms with Crippen LogP contribution < -0.4 is 10.6 Å². The first kappa shape index (κ1) is 25.2. The summed E-state index contributed by atoms with van der Waals surface area (Å²) in [5.74, 6) is 1.32. The van der Waals surface area contributed by atoms with Crippen LogP contribution in [-0.2, 0) is 6.42 Å². The van der Waals surface area contributed by atoms with Crippen molar-refractivity contribution in [3.8, 4) is 0 Å². The van der Waals surface area contributed by atoms with Crippen molar-refractivity contribution in [1.29, 1.82) is 0 Å². The number of nitrogens with zero attached hydrogens (tertiary/aromatic N) is 2. The number of rotatable bonds is 9. The van der Waals surface area contributed by atoms with Gasteiger partial charge >= 0.3 is 6.03 Å². The topological polar surface area (TPSA) is 57.3 Å². The fourth-order valence-electron chi connectivity index (χ4n) is 5.29. The third-order valence-electron chi connectivity index (χ3n) is 7.05. The zero-order valence-corrected chi connectivity index (χ0v) is 21.5. The predicted molar refractivity (Wildman–Crippen MR) is 146 cm³/mol. The Labute approximate surface area is 210 Å². The first-order chi connectivity index (χ1) is 17.0. The number of fused-ring (bicyclic) bond motifs is 1. The molecular formula is C30H40N4O. The molecule has 5 nitrogen and oxygen atoms in total. The lowest BCUT2D eigenvalue weighted by Gasteiger charge is -2.35. The Morgan fingerprint density at radius 1 is 1.06 bits per heavy atom. The van der Waals surface area contributed by atoms with Crippen LogP contribution in [0.15, 0.2) is 60.7 Å². The highest BCUT2D eigenvalue weighted by atomic mass is 16.2. The molecule has 2 heterocycles. The molecule has 0 unspecified atom stereocenters. The zero-order valence-electron chi connectivity index (χ0n) is 21.5. The molecule has 1 aromatic heterocycles. The van der Waals surface area contributed by atoms with Crippen LogP contribution in [0.3, 0.4) is 0 Å². The van der Waals surface area contributed by atoms with Crippen molar-refractivity contribution < 1.29 is 4.79 Å². The lowest BCUT2D eigenvalue weighted by molar-refractivity contribution is 0.159. The monoisotopic (exact) mass is 472 g/mol. The summed E-state index contributed by atoms with van der Waals surface area (Å²) < 4.78 is 0. The van der Waals surface area contributed by atoms with Crippen molar-refractivity contribution in [1.82, 2.24) is 15.2 Å². The lowest BCUT2D eigenvalue weighted by Crippen LogP contribution is -2.48. The van der Waals surface area contributed by atoms with Gasteiger partial charge in [0.15, 0.2) is 0 Å². The maximum Gasteiger partial charge on any atom is 0.319 e. The molecule has 0 spiro atoms. The molecule has 2 N–H and O–H groups in total. The summed E-state index contributed by atoms with van der Waals surface area (Å²) in [6.45, 7) is 9.55. The number of benzene rings is 2. The molecule has 186 valence electrons. The van der Waals surface area contributed by atoms with E-state index in [1.807, 2.05) is 37.3 Å². The minimum Gasteiger partial charge on any atom is -0.334 e. The van der Waals surface area contributed by atoms with Gasteiger partial charge in [-0.15, -0.1) is 0 Å². The number of para-hydroxylation sites is 1. The van der Waals surface area contributed by atoms with Crippen molar-refractivity contribution >= 4 is 22.6 Å². The predicted octanol–water partition coefficient (Wildman–Crippen LogP) is 6.42. The fourth-order valence-corrected chi connectivity index (χ4v) is 5.29. The van der Waals surface area contributed by atoms with Crippen LogP contribution in [0.4, 0.5) is 10.5 Å². The van der Waals surface area contributed by atoms with E-state index in [1.54, 1.807) is 0 Å². The van der Waals surface area contributed by atoms with Crippen LogP contribution in [0, 0.1) is 18.8 Å². The molecular weight excluding hydrogens is 432 g/mol. The Bertz CT molecular complexity index is 1090. The van der Waals surface area contributed by atoms with E-state index in [2.05, 4.69) is 64.7 Å². The van der Waals surface area contributed by atoms with E-state index in [0.717, 1.165) is 54.3 Å². The molecule has 1 fully saturated rings. The maximum atomic E-state index is 13.0. The van der Waals surface area contributed by atoms with E-state index < -0.39 is 0 Å². The highest BCUT2D eigenvalue weighted by Gasteiger charge is 2.23. The zero-order chi connectivity index (χ0) is 24.6. The van der Waals surface area contributed by atoms with Crippen LogP contribution in [0.5, 0.6) is 0 Å². The molecule has 2 amide bonds. The quantitative estimate of drug-likeness (QED) is 0.378. The molecule has 0 radical (unpaired) electrons. The van der Waals surface area contributed by atoms with Crippen LogP contribution in [0.2, 0.25) is 0 Å². The second kappa shape index (κ2) is 12.2. The third-order valence-corrected chi connectivity index (χ3v) is 7.05. The largest absolute Gasteiger partial charge is 0.334 e. The molecule has 0 saturated carbocycles. The van der Waals surface area contributed by atoms with Gasteiger partial charge in [0.2, 0.25) is 0 Å². The van der Waals surface area contributed by atoms with Gasteiger partial charge in [-0.25, -0.2) is 4.79 Å². The van der Waals surface area contributed by atoms with Crippen LogP contribution in [0.25, 0.3) is 10.9 Å². The van der Waals surface area contributed by atoms with E-state index in [4.69, 9.17) is 0 Å². The molecule has 1 atom stereocenters. The molecule has 1 aliphatic heterocycles. The first-order valence-corrected chi connectivity index (χ1v) is 13.2. The van der Waals surface area contributed by atoms with Crippen molar-refractivity contribution in [3.05, 3.63) is 71.9 Å². The SMILES string of the molecule is Cc1cc(NC(=O)N[C@@H](CC(C)C)CN2CCC(CCc3ccccc3)CC2)c2ccccc2n1. The van der Waals surface area contributed by atoms with Gasteiger partial charge in [-0.1, -0.05) is 62.4 Å². The number of hydrogen-bond donors (Lipinski definition) is 2. The number of carbonyl (C=O) groups is 1. The molecule has 0 aliphatic carbocycles. The van der Waals surface area contributed by atoms with E-state index in [9.17, 15) is 4.79 Å². The summed E-state index contributed by atoms with van der Waals surface area (Å²) in [7, 11) is 0. The molecule has 1 aliphatic rings. The van der Waals surface area contributed by atoms with Gasteiger partial charge in [-0.2, -0.15) is 0 Å². The number of carbonyl (C=O) groups excluding carboxylic acids is 1. The number of amides is 2. The summed E-state index contributed by atoms with van der Waals surface area (Å²) in [6, 6.07) is 20.7. The van der Waals surface area contributed by atoms with Gasteiger partial charge in [0.1, 0.15) is 0 Å². The number of likely N-dealkylation sites (tertiary alicyclic amines) is 1. The molecule has 1 saturated heterocycles. The minimum absolute atomic E-state index is 0.130. The summed E-state index contributed by atoms with van der Waals surface area (Å²) in [4.78, 5) is 20.1. The first-order valence-electron chi connectivity index (χ1n) is 13.2. The summed E-state index contributed by atoms with van der Waals surface area (Å²) in [6.07, 6.45) is 5.91. The maximum absolute atomic E-state index is 13.0. The molecule has 35 heavy (non-hydrogen) atoms.